The number of nitriles is 2. The van der Waals surface area contributed by atoms with Gasteiger partial charge >= 0.3 is 0 Å². The van der Waals surface area contributed by atoms with Crippen molar-refractivity contribution in [2.24, 2.45) is 0 Å². The predicted octanol–water partition coefficient (Wildman–Crippen LogP) is -0.137. The molecule has 1 saturated heterocycles. The molecule has 4 rings (SSSR count). The van der Waals surface area contributed by atoms with Crippen LogP contribution in [0.3, 0.4) is 0 Å². The van der Waals surface area contributed by atoms with Crippen molar-refractivity contribution in [1.82, 2.24) is 15.5 Å². The lowest BCUT2D eigenvalue weighted by Crippen LogP contribution is -2.42. The first kappa shape index (κ1) is 16.4. The average molecular weight is 344 g/mol. The average Bonchev–Trinajstić information content (AvgIpc) is 3.16. The van der Waals surface area contributed by atoms with Gasteiger partial charge in [0.1, 0.15) is 14.0 Å². The SMILES string of the molecule is Bc1c(C#N)cccc1C1C(C#N)=C(C2CNCCO2)Nc2n[nH]cc21. The smallest absolute Gasteiger partial charge is 0.156 e. The van der Waals surface area contributed by atoms with Gasteiger partial charge in [-0.3, -0.25) is 5.10 Å². The lowest BCUT2D eigenvalue weighted by molar-refractivity contribution is 0.0518. The zero-order valence-electron chi connectivity index (χ0n) is 14.3. The lowest BCUT2D eigenvalue weighted by Gasteiger charge is -2.33. The third kappa shape index (κ3) is 2.57. The zero-order valence-corrected chi connectivity index (χ0v) is 14.3. The number of benzene rings is 1. The molecule has 2 atom stereocenters. The van der Waals surface area contributed by atoms with Crippen LogP contribution in [0.5, 0.6) is 0 Å². The van der Waals surface area contributed by atoms with Gasteiger partial charge in [-0.05, 0) is 11.6 Å². The van der Waals surface area contributed by atoms with E-state index in [2.05, 4.69) is 33.0 Å². The summed E-state index contributed by atoms with van der Waals surface area (Å²) >= 11 is 0. The Balaban J connectivity index is 1.90. The number of allylic oxidation sites excluding steroid dienone is 1. The number of nitrogens with one attached hydrogen (secondary N) is 3. The molecule has 3 N–H and O–H groups in total. The summed E-state index contributed by atoms with van der Waals surface area (Å²) in [6.07, 6.45) is 1.57. The van der Waals surface area contributed by atoms with Crippen LogP contribution in [-0.4, -0.2) is 43.8 Å². The minimum absolute atomic E-state index is 0.231. The molecule has 26 heavy (non-hydrogen) atoms. The van der Waals surface area contributed by atoms with E-state index >= 15 is 0 Å². The number of hydrogen-bond acceptors (Lipinski definition) is 6. The van der Waals surface area contributed by atoms with Crippen LogP contribution in [-0.2, 0) is 4.74 Å². The molecular weight excluding hydrogens is 327 g/mol. The van der Waals surface area contributed by atoms with Crippen molar-refractivity contribution in [3.8, 4) is 12.1 Å². The monoisotopic (exact) mass is 344 g/mol. The maximum absolute atomic E-state index is 9.98. The number of anilines is 1. The Hall–Kier alpha value is -3.07. The Bertz CT molecular complexity index is 961. The van der Waals surface area contributed by atoms with E-state index in [0.717, 1.165) is 28.8 Å². The van der Waals surface area contributed by atoms with E-state index in [4.69, 9.17) is 4.74 Å². The summed E-state index contributed by atoms with van der Waals surface area (Å²) in [4.78, 5) is 0. The molecule has 1 fully saturated rings. The number of aromatic amines is 1. The second-order valence-corrected chi connectivity index (χ2v) is 6.38. The highest BCUT2D eigenvalue weighted by molar-refractivity contribution is 6.35. The molecule has 1 aromatic carbocycles. The van der Waals surface area contributed by atoms with Crippen molar-refractivity contribution in [2.75, 3.05) is 25.0 Å². The van der Waals surface area contributed by atoms with E-state index in [1.807, 2.05) is 20.0 Å². The van der Waals surface area contributed by atoms with Gasteiger partial charge in [-0.15, -0.1) is 0 Å². The fourth-order valence-electron chi connectivity index (χ4n) is 3.67. The summed E-state index contributed by atoms with van der Waals surface area (Å²) in [6.45, 7) is 2.03. The van der Waals surface area contributed by atoms with Crippen molar-refractivity contribution >= 4 is 19.1 Å². The van der Waals surface area contributed by atoms with E-state index in [0.29, 0.717) is 30.1 Å². The van der Waals surface area contributed by atoms with Crippen LogP contribution in [0, 0.1) is 22.7 Å². The minimum Gasteiger partial charge on any atom is -0.369 e. The fourth-order valence-corrected chi connectivity index (χ4v) is 3.67. The van der Waals surface area contributed by atoms with E-state index in [-0.39, 0.29) is 12.0 Å². The number of nitrogens with zero attached hydrogens (tertiary/aromatic N) is 3. The lowest BCUT2D eigenvalue weighted by atomic mass is 9.74. The molecule has 8 heteroatoms. The molecule has 3 heterocycles. The Morgan fingerprint density at radius 2 is 2.12 bits per heavy atom. The third-order valence-corrected chi connectivity index (χ3v) is 4.99. The van der Waals surface area contributed by atoms with Crippen LogP contribution in [0.15, 0.2) is 35.7 Å². The first-order valence-corrected chi connectivity index (χ1v) is 8.51. The zero-order chi connectivity index (χ0) is 18.1. The topological polar surface area (TPSA) is 110 Å². The molecule has 128 valence electrons. The fraction of sp³-hybridized carbons (Fsp3) is 0.278. The highest BCUT2D eigenvalue weighted by atomic mass is 16.5. The molecule has 2 unspecified atom stereocenters. The molecule has 0 amide bonds. The van der Waals surface area contributed by atoms with E-state index in [9.17, 15) is 10.5 Å². The van der Waals surface area contributed by atoms with Gasteiger partial charge in [0, 0.05) is 30.4 Å². The number of fused-ring (bicyclic) bond motifs is 1. The normalized spacial score (nSPS) is 22.1. The number of rotatable bonds is 2. The number of morpholine rings is 1. The molecule has 0 spiro atoms. The summed E-state index contributed by atoms with van der Waals surface area (Å²) in [6, 6.07) is 10.2. The standard InChI is InChI=1S/C18H17BN6O/c19-16-10(6-20)2-1-3-11(16)15-12(7-21)17(14-9-22-4-5-26-14)24-18-13(15)8-23-25-18/h1-3,8,14-15,22H,4-5,9,19H2,(H2,23,24,25). The maximum atomic E-state index is 9.98. The minimum atomic E-state index is -0.288. The Morgan fingerprint density at radius 1 is 1.23 bits per heavy atom. The summed E-state index contributed by atoms with van der Waals surface area (Å²) in [5, 5.41) is 33.1. The van der Waals surface area contributed by atoms with E-state index < -0.39 is 0 Å². The van der Waals surface area contributed by atoms with E-state index in [1.165, 1.54) is 0 Å². The molecule has 2 aromatic rings. The predicted molar refractivity (Wildman–Crippen MR) is 98.6 cm³/mol. The summed E-state index contributed by atoms with van der Waals surface area (Å²) < 4.78 is 5.88. The van der Waals surface area contributed by atoms with Crippen molar-refractivity contribution in [3.63, 3.8) is 0 Å². The van der Waals surface area contributed by atoms with Gasteiger partial charge in [-0.2, -0.15) is 15.6 Å². The number of hydrogen-bond donors (Lipinski definition) is 3. The molecule has 2 aliphatic rings. The van der Waals surface area contributed by atoms with Gasteiger partial charge in [-0.25, -0.2) is 0 Å². The molecule has 0 bridgehead atoms. The Morgan fingerprint density at radius 3 is 2.85 bits per heavy atom. The van der Waals surface area contributed by atoms with Crippen LogP contribution in [0.25, 0.3) is 0 Å². The van der Waals surface area contributed by atoms with Crippen LogP contribution in [0.1, 0.15) is 22.6 Å². The van der Waals surface area contributed by atoms with Crippen LogP contribution >= 0.6 is 0 Å². The van der Waals surface area contributed by atoms with Crippen molar-refractivity contribution in [2.45, 2.75) is 12.0 Å². The number of aromatic nitrogens is 2. The van der Waals surface area contributed by atoms with Crippen molar-refractivity contribution in [1.29, 1.82) is 10.5 Å². The molecule has 2 aliphatic heterocycles. The Kier molecular flexibility index (Phi) is 4.22. The van der Waals surface area contributed by atoms with Crippen molar-refractivity contribution < 1.29 is 4.74 Å². The van der Waals surface area contributed by atoms with Crippen LogP contribution in [0.4, 0.5) is 5.82 Å². The van der Waals surface area contributed by atoms with Crippen LogP contribution < -0.4 is 16.1 Å². The first-order chi connectivity index (χ1) is 12.7. The largest absolute Gasteiger partial charge is 0.369 e. The highest BCUT2D eigenvalue weighted by Crippen LogP contribution is 2.41. The van der Waals surface area contributed by atoms with E-state index in [1.54, 1.807) is 12.3 Å². The number of H-pyrrole nitrogens is 1. The quantitative estimate of drug-likeness (QED) is 0.655. The van der Waals surface area contributed by atoms with Gasteiger partial charge in [-0.1, -0.05) is 17.6 Å². The van der Waals surface area contributed by atoms with Gasteiger partial charge in [0.2, 0.25) is 0 Å². The summed E-state index contributed by atoms with van der Waals surface area (Å²) in [5.74, 6) is 0.406. The molecule has 0 radical (unpaired) electrons. The molecular formula is C18H17BN6O. The maximum Gasteiger partial charge on any atom is 0.156 e. The van der Waals surface area contributed by atoms with Gasteiger partial charge in [0.15, 0.2) is 5.82 Å². The number of ether oxygens (including phenoxy) is 1. The third-order valence-electron chi connectivity index (χ3n) is 4.99. The van der Waals surface area contributed by atoms with Crippen molar-refractivity contribution in [3.05, 3.63) is 52.4 Å². The summed E-state index contributed by atoms with van der Waals surface area (Å²) in [7, 11) is 1.92. The molecule has 0 aliphatic carbocycles. The van der Waals surface area contributed by atoms with Crippen LogP contribution in [0.2, 0.25) is 0 Å². The van der Waals surface area contributed by atoms with Gasteiger partial charge in [0.05, 0.1) is 35.9 Å². The first-order valence-electron chi connectivity index (χ1n) is 8.51. The van der Waals surface area contributed by atoms with Gasteiger partial charge < -0.3 is 15.4 Å². The highest BCUT2D eigenvalue weighted by Gasteiger charge is 2.35. The summed E-state index contributed by atoms with van der Waals surface area (Å²) in [5.41, 5.74) is 4.67. The molecule has 0 saturated carbocycles. The molecule has 1 aromatic heterocycles. The Labute approximate surface area is 152 Å². The van der Waals surface area contributed by atoms with Gasteiger partial charge in [0.25, 0.3) is 0 Å². The second kappa shape index (κ2) is 6.68. The second-order valence-electron chi connectivity index (χ2n) is 6.38. The molecule has 7 nitrogen and oxygen atoms in total.